The van der Waals surface area contributed by atoms with Crippen LogP contribution in [0, 0.1) is 22.7 Å². The second kappa shape index (κ2) is 44.1. The number of esters is 3. The lowest BCUT2D eigenvalue weighted by Gasteiger charge is -2.20. The highest BCUT2D eigenvalue weighted by Gasteiger charge is 2.27. The van der Waals surface area contributed by atoms with Gasteiger partial charge in [0.25, 0.3) is 0 Å². The van der Waals surface area contributed by atoms with E-state index in [4.69, 9.17) is 19.3 Å². The molecule has 1 rings (SSSR count). The molecular formula is C41H90O9. The number of hydrogen-bond acceptors (Lipinski definition) is 8. The van der Waals surface area contributed by atoms with Crippen LogP contribution in [0.1, 0.15) is 160 Å². The molecule has 0 saturated carbocycles. The highest BCUT2D eigenvalue weighted by atomic mass is 16.6. The maximum absolute atomic E-state index is 11.6. The van der Waals surface area contributed by atoms with Gasteiger partial charge in [0.2, 0.25) is 0 Å². The first-order chi connectivity index (χ1) is 19.5. The molecule has 1 aromatic rings. The summed E-state index contributed by atoms with van der Waals surface area (Å²) in [5.41, 5.74) is 0.335. The maximum Gasteiger partial charge on any atom is 0.311 e. The number of carbonyl (C=O) groups is 4. The van der Waals surface area contributed by atoms with Gasteiger partial charge >= 0.3 is 23.9 Å². The number of carboxylic acid groups (broad SMARTS) is 1. The van der Waals surface area contributed by atoms with Crippen LogP contribution in [0.5, 0.6) is 0 Å². The third-order valence-electron chi connectivity index (χ3n) is 6.85. The van der Waals surface area contributed by atoms with Crippen LogP contribution >= 0.6 is 0 Å². The van der Waals surface area contributed by atoms with Crippen LogP contribution < -0.4 is 0 Å². The number of carbonyl (C=O) groups excluding carboxylic acids is 3. The van der Waals surface area contributed by atoms with Crippen LogP contribution in [0.2, 0.25) is 0 Å². The van der Waals surface area contributed by atoms with E-state index < -0.39 is 5.97 Å². The number of benzene rings is 1. The maximum atomic E-state index is 11.6. The molecule has 2 atom stereocenters. The van der Waals surface area contributed by atoms with Crippen molar-refractivity contribution in [2.24, 2.45) is 22.7 Å². The first-order valence-electron chi connectivity index (χ1n) is 14.7. The smallest absolute Gasteiger partial charge is 0.311 e. The predicted molar refractivity (Wildman–Crippen MR) is 220 cm³/mol. The van der Waals surface area contributed by atoms with Crippen molar-refractivity contribution in [1.82, 2.24) is 0 Å². The number of ether oxygens (including phenoxy) is 4. The minimum Gasteiger partial charge on any atom is -0.481 e. The Morgan fingerprint density at radius 1 is 0.640 bits per heavy atom. The lowest BCUT2D eigenvalue weighted by Crippen LogP contribution is -2.25. The molecule has 2 unspecified atom stereocenters. The van der Waals surface area contributed by atoms with Crippen molar-refractivity contribution in [3.63, 3.8) is 0 Å². The van der Waals surface area contributed by atoms with E-state index in [0.717, 1.165) is 31.2 Å². The molecular weight excluding hydrogens is 636 g/mol. The molecule has 0 amide bonds. The summed E-state index contributed by atoms with van der Waals surface area (Å²) < 4.78 is 19.4. The van der Waals surface area contributed by atoms with Crippen LogP contribution in [0.25, 0.3) is 0 Å². The highest BCUT2D eigenvalue weighted by molar-refractivity contribution is 5.76. The van der Waals surface area contributed by atoms with Crippen molar-refractivity contribution in [2.45, 2.75) is 161 Å². The van der Waals surface area contributed by atoms with Gasteiger partial charge in [-0.1, -0.05) is 131 Å². The van der Waals surface area contributed by atoms with E-state index in [2.05, 4.69) is 4.74 Å². The molecule has 50 heavy (non-hydrogen) atoms. The van der Waals surface area contributed by atoms with Gasteiger partial charge in [-0.05, 0) is 58.9 Å². The average Bonchev–Trinajstić information content (AvgIpc) is 2.99. The molecule has 0 aliphatic carbocycles. The fourth-order valence-electron chi connectivity index (χ4n) is 2.19. The van der Waals surface area contributed by atoms with Gasteiger partial charge < -0.3 is 24.1 Å². The zero-order valence-corrected chi connectivity index (χ0v) is 28.2. The molecule has 308 valence electrons. The second-order valence-corrected chi connectivity index (χ2v) is 11.1. The van der Waals surface area contributed by atoms with Gasteiger partial charge in [0.15, 0.2) is 0 Å². The number of hydrogen-bond donors (Lipinski definition) is 1. The Hall–Kier alpha value is -2.94. The van der Waals surface area contributed by atoms with Crippen molar-refractivity contribution >= 4 is 23.9 Å². The number of carboxylic acids is 1. The molecule has 0 spiro atoms. The summed E-state index contributed by atoms with van der Waals surface area (Å²) in [7, 11) is 3.00. The Morgan fingerprint density at radius 2 is 1.04 bits per heavy atom. The lowest BCUT2D eigenvalue weighted by molar-refractivity contribution is -0.155. The normalized spacial score (nSPS) is 10.0. The largest absolute Gasteiger partial charge is 0.481 e. The number of rotatable bonds is 13. The predicted octanol–water partition coefficient (Wildman–Crippen LogP) is 12.2. The van der Waals surface area contributed by atoms with Crippen LogP contribution in [-0.2, 0) is 44.7 Å². The van der Waals surface area contributed by atoms with Crippen LogP contribution in [0.15, 0.2) is 30.3 Å². The average molecular weight is 727 g/mol. The summed E-state index contributed by atoms with van der Waals surface area (Å²) in [6.07, 6.45) is 3.15. The second-order valence-electron chi connectivity index (χ2n) is 11.1. The molecule has 0 fully saturated rings. The van der Waals surface area contributed by atoms with E-state index in [-0.39, 0.29) is 100.0 Å². The quantitative estimate of drug-likeness (QED) is 0.120. The molecule has 0 radical (unpaired) electrons. The van der Waals surface area contributed by atoms with E-state index in [0.29, 0.717) is 19.8 Å². The molecule has 0 saturated heterocycles. The molecule has 1 N–H and O–H groups in total. The van der Waals surface area contributed by atoms with E-state index in [1.807, 2.05) is 92.6 Å². The van der Waals surface area contributed by atoms with Crippen LogP contribution in [0.4, 0.5) is 0 Å². The first-order valence-corrected chi connectivity index (χ1v) is 14.7. The summed E-state index contributed by atoms with van der Waals surface area (Å²) in [6, 6.07) is 9.72. The number of methoxy groups -OCH3 is 2. The Bertz CT molecular complexity index is 866. The molecule has 0 heterocycles. The van der Waals surface area contributed by atoms with E-state index in [9.17, 15) is 19.2 Å². The Kier molecular flexibility index (Phi) is 67.7. The van der Waals surface area contributed by atoms with Gasteiger partial charge in [-0.2, -0.15) is 0 Å². The van der Waals surface area contributed by atoms with Crippen molar-refractivity contribution in [3.8, 4) is 0 Å². The molecule has 0 aromatic heterocycles. The van der Waals surface area contributed by atoms with Gasteiger partial charge in [0.1, 0.15) is 13.2 Å². The highest BCUT2D eigenvalue weighted by Crippen LogP contribution is 2.22. The SMILES string of the molecule is C.C.C.C.C.C.C.C.CCC(C)(C)C(=O)OC.CCC(C)(C)C(=O)OCc1ccccc1.CCC(C)C(=O)O.CCC(C)C(=O)OCCOC. The van der Waals surface area contributed by atoms with Crippen molar-refractivity contribution < 1.29 is 43.2 Å². The van der Waals surface area contributed by atoms with Gasteiger partial charge in [-0.3, -0.25) is 19.2 Å². The molecule has 0 aliphatic heterocycles. The zero-order chi connectivity index (χ0) is 33.4. The van der Waals surface area contributed by atoms with Crippen molar-refractivity contribution in [1.29, 1.82) is 0 Å². The molecule has 9 heteroatoms. The van der Waals surface area contributed by atoms with E-state index in [1.54, 1.807) is 14.0 Å². The van der Waals surface area contributed by atoms with E-state index >= 15 is 0 Å². The third-order valence-corrected chi connectivity index (χ3v) is 6.85. The van der Waals surface area contributed by atoms with Gasteiger partial charge in [-0.15, -0.1) is 0 Å². The molecule has 9 nitrogen and oxygen atoms in total. The van der Waals surface area contributed by atoms with Crippen LogP contribution in [-0.4, -0.2) is 56.4 Å². The molecule has 0 bridgehead atoms. The number of aliphatic carboxylic acids is 1. The van der Waals surface area contributed by atoms with E-state index in [1.165, 1.54) is 7.11 Å². The van der Waals surface area contributed by atoms with Gasteiger partial charge in [0, 0.05) is 7.11 Å². The topological polar surface area (TPSA) is 125 Å². The minimum absolute atomic E-state index is 0. The fourth-order valence-corrected chi connectivity index (χ4v) is 2.19. The zero-order valence-electron chi connectivity index (χ0n) is 28.2. The first kappa shape index (κ1) is 76.8. The fraction of sp³-hybridized carbons (Fsp3) is 0.756. The molecule has 1 aromatic carbocycles. The van der Waals surface area contributed by atoms with Crippen molar-refractivity contribution in [2.75, 3.05) is 27.4 Å². The summed E-state index contributed by atoms with van der Waals surface area (Å²) in [5, 5.41) is 8.18. The Morgan fingerprint density at radius 3 is 1.32 bits per heavy atom. The standard InChI is InChI=1S/C13H18O2.C8H16O3.C7H14O2.C5H10O2.8CH4/c1-4-13(2,3)12(14)15-10-11-8-6-5-7-9-11;1-4-7(2)8(9)11-6-5-10-3;1-5-7(2,3)6(8)9-4;1-3-4(2)5(6)7;;;;;;;;/h5-9H,4,10H2,1-3H3;7H,4-6H2,1-3H3;5H2,1-4H3;4H,3H2,1-2H3,(H,6,7);8*1H4. The summed E-state index contributed by atoms with van der Waals surface area (Å²) in [4.78, 5) is 43.4. The monoisotopic (exact) mass is 727 g/mol. The third kappa shape index (κ3) is 39.5. The summed E-state index contributed by atoms with van der Waals surface area (Å²) in [6.45, 7) is 20.1. The van der Waals surface area contributed by atoms with Gasteiger partial charge in [-0.25, -0.2) is 0 Å². The minimum atomic E-state index is -0.706. The summed E-state index contributed by atoms with van der Waals surface area (Å²) in [5.74, 6) is -1.28. The Labute approximate surface area is 313 Å². The lowest BCUT2D eigenvalue weighted by atomic mass is 9.91. The van der Waals surface area contributed by atoms with Crippen molar-refractivity contribution in [3.05, 3.63) is 35.9 Å². The molecule has 0 aliphatic rings. The van der Waals surface area contributed by atoms with Gasteiger partial charge in [0.05, 0.1) is 36.4 Å². The summed E-state index contributed by atoms with van der Waals surface area (Å²) >= 11 is 0. The Balaban J connectivity index is -0.0000000442. The van der Waals surface area contributed by atoms with Crippen LogP contribution in [0.3, 0.4) is 0 Å².